The number of carboxylic acid groups (broad SMARTS) is 1. The number of carbonyl (C=O) groups excluding carboxylic acids is 1. The molecule has 1 amide bonds. The average molecular weight is 255 g/mol. The van der Waals surface area contributed by atoms with Crippen molar-refractivity contribution in [2.75, 3.05) is 13.2 Å². The van der Waals surface area contributed by atoms with Crippen LogP contribution in [0.25, 0.3) is 0 Å². The van der Waals surface area contributed by atoms with Crippen LogP contribution in [-0.2, 0) is 14.3 Å². The number of hydrogen-bond acceptors (Lipinski definition) is 3. The number of carboxylic acids is 1. The summed E-state index contributed by atoms with van der Waals surface area (Å²) in [6.07, 6.45) is 3.12. The van der Waals surface area contributed by atoms with E-state index in [2.05, 4.69) is 5.32 Å². The lowest BCUT2D eigenvalue weighted by Crippen LogP contribution is -2.40. The van der Waals surface area contributed by atoms with Crippen molar-refractivity contribution in [2.45, 2.75) is 38.7 Å². The van der Waals surface area contributed by atoms with Crippen molar-refractivity contribution in [3.05, 3.63) is 0 Å². The van der Waals surface area contributed by atoms with Gasteiger partial charge in [-0.25, -0.2) is 0 Å². The molecule has 1 aliphatic carbocycles. The molecule has 2 fully saturated rings. The fourth-order valence-corrected chi connectivity index (χ4v) is 2.97. The number of amides is 1. The molecule has 0 bridgehead atoms. The highest BCUT2D eigenvalue weighted by molar-refractivity contribution is 5.81. The van der Waals surface area contributed by atoms with Gasteiger partial charge in [0.15, 0.2) is 0 Å². The van der Waals surface area contributed by atoms with E-state index >= 15 is 0 Å². The van der Waals surface area contributed by atoms with E-state index in [0.29, 0.717) is 13.2 Å². The summed E-state index contributed by atoms with van der Waals surface area (Å²) in [6, 6.07) is 0. The van der Waals surface area contributed by atoms with Crippen molar-refractivity contribution in [1.82, 2.24) is 5.32 Å². The zero-order chi connectivity index (χ0) is 13.1. The van der Waals surface area contributed by atoms with E-state index in [1.807, 2.05) is 6.92 Å². The Kier molecular flexibility index (Phi) is 4.22. The van der Waals surface area contributed by atoms with Crippen LogP contribution in [0.4, 0.5) is 0 Å². The Hall–Kier alpha value is -1.10. The van der Waals surface area contributed by atoms with Crippen LogP contribution in [0.2, 0.25) is 0 Å². The first-order valence-electron chi connectivity index (χ1n) is 6.71. The van der Waals surface area contributed by atoms with E-state index in [1.165, 1.54) is 0 Å². The Balaban J connectivity index is 1.80. The van der Waals surface area contributed by atoms with E-state index in [0.717, 1.165) is 25.7 Å². The lowest BCUT2D eigenvalue weighted by Gasteiger charge is -2.19. The molecule has 2 N–H and O–H groups in total. The largest absolute Gasteiger partial charge is 0.481 e. The summed E-state index contributed by atoms with van der Waals surface area (Å²) in [5.41, 5.74) is 0. The average Bonchev–Trinajstić information content (AvgIpc) is 2.94. The lowest BCUT2D eigenvalue weighted by atomic mass is 9.96. The predicted octanol–water partition coefficient (Wildman–Crippen LogP) is 1.03. The third-order valence-corrected chi connectivity index (χ3v) is 4.16. The van der Waals surface area contributed by atoms with E-state index in [-0.39, 0.29) is 29.8 Å². The van der Waals surface area contributed by atoms with Crippen LogP contribution in [0.15, 0.2) is 0 Å². The Bertz CT molecular complexity index is 331. The highest BCUT2D eigenvalue weighted by atomic mass is 16.5. The zero-order valence-corrected chi connectivity index (χ0v) is 10.7. The van der Waals surface area contributed by atoms with Crippen molar-refractivity contribution in [3.8, 4) is 0 Å². The van der Waals surface area contributed by atoms with Gasteiger partial charge in [-0.15, -0.1) is 0 Å². The summed E-state index contributed by atoms with van der Waals surface area (Å²) in [4.78, 5) is 22.9. The molecule has 0 aromatic rings. The van der Waals surface area contributed by atoms with Crippen LogP contribution in [0.5, 0.6) is 0 Å². The maximum absolute atomic E-state index is 11.9. The van der Waals surface area contributed by atoms with Gasteiger partial charge in [0.1, 0.15) is 6.10 Å². The van der Waals surface area contributed by atoms with E-state index in [9.17, 15) is 9.59 Å². The van der Waals surface area contributed by atoms with Gasteiger partial charge >= 0.3 is 5.97 Å². The second-order valence-electron chi connectivity index (χ2n) is 5.44. The lowest BCUT2D eigenvalue weighted by molar-refractivity contribution is -0.143. The molecule has 1 heterocycles. The molecule has 0 radical (unpaired) electrons. The Labute approximate surface area is 107 Å². The molecule has 1 saturated carbocycles. The van der Waals surface area contributed by atoms with Gasteiger partial charge in [-0.1, -0.05) is 13.3 Å². The highest BCUT2D eigenvalue weighted by Gasteiger charge is 2.35. The van der Waals surface area contributed by atoms with Crippen LogP contribution in [-0.4, -0.2) is 36.2 Å². The Morgan fingerprint density at radius 2 is 2.11 bits per heavy atom. The van der Waals surface area contributed by atoms with Crippen LogP contribution in [0, 0.1) is 17.8 Å². The van der Waals surface area contributed by atoms with Gasteiger partial charge in [-0.05, 0) is 31.1 Å². The highest BCUT2D eigenvalue weighted by Crippen LogP contribution is 2.31. The fraction of sp³-hybridized carbons (Fsp3) is 0.846. The molecular weight excluding hydrogens is 234 g/mol. The summed E-state index contributed by atoms with van der Waals surface area (Å²) < 4.78 is 5.39. The van der Waals surface area contributed by atoms with Crippen LogP contribution >= 0.6 is 0 Å². The van der Waals surface area contributed by atoms with Gasteiger partial charge in [-0.2, -0.15) is 0 Å². The molecule has 0 aromatic carbocycles. The van der Waals surface area contributed by atoms with Crippen molar-refractivity contribution in [3.63, 3.8) is 0 Å². The number of nitrogens with one attached hydrogen (secondary N) is 1. The van der Waals surface area contributed by atoms with Gasteiger partial charge in [0.2, 0.25) is 5.91 Å². The molecule has 1 saturated heterocycles. The van der Waals surface area contributed by atoms with Gasteiger partial charge in [0, 0.05) is 13.2 Å². The summed E-state index contributed by atoms with van der Waals surface area (Å²) in [5.74, 6) is -0.799. The molecule has 0 spiro atoms. The molecule has 2 rings (SSSR count). The maximum Gasteiger partial charge on any atom is 0.306 e. The molecule has 1 aliphatic heterocycles. The molecular formula is C13H21NO4. The molecule has 102 valence electrons. The van der Waals surface area contributed by atoms with Gasteiger partial charge in [0.25, 0.3) is 0 Å². The monoisotopic (exact) mass is 255 g/mol. The number of carbonyl (C=O) groups is 2. The van der Waals surface area contributed by atoms with Gasteiger partial charge in [0.05, 0.1) is 5.92 Å². The minimum absolute atomic E-state index is 0.0724. The number of rotatable bonds is 4. The normalized spacial score (nSPS) is 35.6. The summed E-state index contributed by atoms with van der Waals surface area (Å²) in [5, 5.41) is 11.9. The SMILES string of the molecule is CC1CCOC1C(=O)NCC1CCCC1C(=O)O. The van der Waals surface area contributed by atoms with E-state index < -0.39 is 5.97 Å². The predicted molar refractivity (Wildman–Crippen MR) is 65.0 cm³/mol. The third kappa shape index (κ3) is 2.83. The topological polar surface area (TPSA) is 75.6 Å². The fourth-order valence-electron chi connectivity index (χ4n) is 2.97. The van der Waals surface area contributed by atoms with E-state index in [4.69, 9.17) is 9.84 Å². The van der Waals surface area contributed by atoms with Gasteiger partial charge in [-0.3, -0.25) is 9.59 Å². The van der Waals surface area contributed by atoms with Crippen LogP contribution < -0.4 is 5.32 Å². The first kappa shape index (κ1) is 13.3. The summed E-state index contributed by atoms with van der Waals surface area (Å²) in [7, 11) is 0. The first-order chi connectivity index (χ1) is 8.59. The van der Waals surface area contributed by atoms with Crippen LogP contribution in [0.3, 0.4) is 0 Å². The summed E-state index contributed by atoms with van der Waals surface area (Å²) >= 11 is 0. The Morgan fingerprint density at radius 3 is 2.72 bits per heavy atom. The number of aliphatic carboxylic acids is 1. The van der Waals surface area contributed by atoms with Crippen molar-refractivity contribution >= 4 is 11.9 Å². The first-order valence-corrected chi connectivity index (χ1v) is 6.71. The van der Waals surface area contributed by atoms with Crippen molar-refractivity contribution in [1.29, 1.82) is 0 Å². The number of ether oxygens (including phenoxy) is 1. The third-order valence-electron chi connectivity index (χ3n) is 4.16. The maximum atomic E-state index is 11.9. The smallest absolute Gasteiger partial charge is 0.306 e. The molecule has 2 aliphatic rings. The summed E-state index contributed by atoms with van der Waals surface area (Å²) in [6.45, 7) is 3.11. The minimum atomic E-state index is -0.739. The molecule has 5 nitrogen and oxygen atoms in total. The zero-order valence-electron chi connectivity index (χ0n) is 10.7. The minimum Gasteiger partial charge on any atom is -0.481 e. The van der Waals surface area contributed by atoms with Crippen LogP contribution in [0.1, 0.15) is 32.6 Å². The standard InChI is InChI=1S/C13H21NO4/c1-8-5-6-18-11(8)12(15)14-7-9-3-2-4-10(9)13(16)17/h8-11H,2-7H2,1H3,(H,14,15)(H,16,17). The van der Waals surface area contributed by atoms with Crippen molar-refractivity contribution < 1.29 is 19.4 Å². The van der Waals surface area contributed by atoms with E-state index in [1.54, 1.807) is 0 Å². The van der Waals surface area contributed by atoms with Gasteiger partial charge < -0.3 is 15.2 Å². The molecule has 0 aromatic heterocycles. The second kappa shape index (κ2) is 5.69. The van der Waals surface area contributed by atoms with Crippen molar-refractivity contribution in [2.24, 2.45) is 17.8 Å². The molecule has 4 unspecified atom stereocenters. The molecule has 4 atom stereocenters. The molecule has 18 heavy (non-hydrogen) atoms. The quantitative estimate of drug-likeness (QED) is 0.786. The Morgan fingerprint density at radius 1 is 1.33 bits per heavy atom. The molecule has 5 heteroatoms. The second-order valence-corrected chi connectivity index (χ2v) is 5.44. The number of hydrogen-bond donors (Lipinski definition) is 2.